The Kier molecular flexibility index (Phi) is 4.70. The van der Waals surface area contributed by atoms with E-state index in [1.807, 2.05) is 13.8 Å². The molecule has 0 aliphatic rings. The van der Waals surface area contributed by atoms with Crippen LogP contribution in [-0.4, -0.2) is 48.3 Å². The molecule has 2 rings (SSSR count). The molecule has 0 atom stereocenters. The maximum atomic E-state index is 12.8. The first-order valence-electron chi connectivity index (χ1n) is 6.17. The van der Waals surface area contributed by atoms with Crippen molar-refractivity contribution in [2.45, 2.75) is 24.9 Å². The van der Waals surface area contributed by atoms with Crippen molar-refractivity contribution in [2.24, 2.45) is 0 Å². The Morgan fingerprint density at radius 3 is 2.85 bits per heavy atom. The molecule has 9 heteroatoms. The predicted octanol–water partition coefficient (Wildman–Crippen LogP) is 1.67. The van der Waals surface area contributed by atoms with E-state index in [9.17, 15) is 8.42 Å². The highest BCUT2D eigenvalue weighted by Gasteiger charge is 2.32. The zero-order valence-electron chi connectivity index (χ0n) is 11.5. The molecule has 0 aliphatic heterocycles. The molecule has 112 valence electrons. The number of thiazole rings is 1. The number of aromatic nitrogens is 2. The Morgan fingerprint density at radius 2 is 2.25 bits per heavy atom. The summed E-state index contributed by atoms with van der Waals surface area (Å²) in [7, 11) is -1.90. The lowest BCUT2D eigenvalue weighted by molar-refractivity contribution is 0.352. The van der Waals surface area contributed by atoms with Crippen LogP contribution in [0.25, 0.3) is 4.96 Å². The minimum absolute atomic E-state index is 0.0203. The van der Waals surface area contributed by atoms with Crippen LogP contribution in [0.3, 0.4) is 0 Å². The fourth-order valence-electron chi connectivity index (χ4n) is 1.96. The van der Waals surface area contributed by atoms with Crippen molar-refractivity contribution in [1.29, 1.82) is 0 Å². The number of imidazole rings is 1. The first-order valence-corrected chi connectivity index (χ1v) is 8.87. The van der Waals surface area contributed by atoms with Crippen LogP contribution in [0.2, 0.25) is 5.15 Å². The van der Waals surface area contributed by atoms with Gasteiger partial charge in [0.2, 0.25) is 0 Å². The van der Waals surface area contributed by atoms with Crippen molar-refractivity contribution in [3.05, 3.63) is 16.7 Å². The summed E-state index contributed by atoms with van der Waals surface area (Å²) in [6, 6.07) is -0.159. The van der Waals surface area contributed by atoms with Crippen LogP contribution in [0.1, 0.15) is 13.8 Å². The molecule has 2 aromatic heterocycles. The lowest BCUT2D eigenvalue weighted by Crippen LogP contribution is -2.41. The van der Waals surface area contributed by atoms with E-state index in [4.69, 9.17) is 11.6 Å². The molecule has 0 aromatic carbocycles. The van der Waals surface area contributed by atoms with Gasteiger partial charge in [-0.05, 0) is 20.9 Å². The van der Waals surface area contributed by atoms with Crippen molar-refractivity contribution in [3.8, 4) is 0 Å². The van der Waals surface area contributed by atoms with Crippen LogP contribution in [0.5, 0.6) is 0 Å². The fraction of sp³-hybridized carbons (Fsp3) is 0.545. The third-order valence-electron chi connectivity index (χ3n) is 2.89. The quantitative estimate of drug-likeness (QED) is 0.871. The Balaban J connectivity index is 2.52. The second-order valence-electron chi connectivity index (χ2n) is 4.58. The zero-order chi connectivity index (χ0) is 14.9. The van der Waals surface area contributed by atoms with E-state index in [2.05, 4.69) is 10.3 Å². The average Bonchev–Trinajstić information content (AvgIpc) is 2.87. The van der Waals surface area contributed by atoms with Crippen molar-refractivity contribution in [2.75, 3.05) is 20.1 Å². The maximum absolute atomic E-state index is 12.8. The second-order valence-corrected chi connectivity index (χ2v) is 7.61. The van der Waals surface area contributed by atoms with E-state index in [1.54, 1.807) is 18.6 Å². The van der Waals surface area contributed by atoms with Crippen LogP contribution in [-0.2, 0) is 10.0 Å². The Morgan fingerprint density at radius 1 is 1.55 bits per heavy atom. The first kappa shape index (κ1) is 15.7. The highest BCUT2D eigenvalue weighted by molar-refractivity contribution is 7.89. The first-order chi connectivity index (χ1) is 9.39. The number of halogens is 1. The van der Waals surface area contributed by atoms with E-state index >= 15 is 0 Å². The summed E-state index contributed by atoms with van der Waals surface area (Å²) in [5.74, 6) is 0. The van der Waals surface area contributed by atoms with Gasteiger partial charge in [-0.2, -0.15) is 4.31 Å². The number of sulfonamides is 1. The second kappa shape index (κ2) is 5.98. The third-order valence-corrected chi connectivity index (χ3v) is 6.12. The van der Waals surface area contributed by atoms with E-state index in [1.165, 1.54) is 20.0 Å². The Hall–Kier alpha value is -0.670. The van der Waals surface area contributed by atoms with E-state index in [0.717, 1.165) is 0 Å². The minimum Gasteiger partial charge on any atom is -0.318 e. The number of hydrogen-bond acceptors (Lipinski definition) is 5. The molecular weight excluding hydrogens is 320 g/mol. The monoisotopic (exact) mass is 336 g/mol. The number of likely N-dealkylation sites (N-methyl/N-ethyl adjacent to an activating group) is 1. The third kappa shape index (κ3) is 2.71. The van der Waals surface area contributed by atoms with Crippen LogP contribution >= 0.6 is 22.9 Å². The molecule has 0 amide bonds. The lowest BCUT2D eigenvalue weighted by atomic mass is 10.4. The largest absolute Gasteiger partial charge is 0.318 e. The topological polar surface area (TPSA) is 66.7 Å². The molecule has 0 bridgehead atoms. The van der Waals surface area contributed by atoms with Gasteiger partial charge in [-0.15, -0.1) is 11.3 Å². The highest BCUT2D eigenvalue weighted by Crippen LogP contribution is 2.28. The van der Waals surface area contributed by atoms with Gasteiger partial charge in [0.05, 0.1) is 0 Å². The van der Waals surface area contributed by atoms with Gasteiger partial charge >= 0.3 is 0 Å². The molecule has 6 nitrogen and oxygen atoms in total. The summed E-state index contributed by atoms with van der Waals surface area (Å²) in [4.78, 5) is 4.66. The molecule has 0 saturated heterocycles. The molecule has 20 heavy (non-hydrogen) atoms. The van der Waals surface area contributed by atoms with Crippen molar-refractivity contribution >= 4 is 37.9 Å². The Labute approximate surface area is 127 Å². The number of hydrogen-bond donors (Lipinski definition) is 1. The maximum Gasteiger partial charge on any atom is 0.262 e. The van der Waals surface area contributed by atoms with Gasteiger partial charge < -0.3 is 5.32 Å². The van der Waals surface area contributed by atoms with Crippen molar-refractivity contribution in [3.63, 3.8) is 0 Å². The summed E-state index contributed by atoms with van der Waals surface area (Å²) in [6.07, 6.45) is 1.67. The summed E-state index contributed by atoms with van der Waals surface area (Å²) in [6.45, 7) is 4.63. The van der Waals surface area contributed by atoms with Crippen LogP contribution in [0, 0.1) is 0 Å². The molecule has 0 fully saturated rings. The molecule has 2 heterocycles. The van der Waals surface area contributed by atoms with Gasteiger partial charge in [0, 0.05) is 30.7 Å². The van der Waals surface area contributed by atoms with Gasteiger partial charge in [0.1, 0.15) is 0 Å². The molecule has 2 aromatic rings. The number of fused-ring (bicyclic) bond motifs is 1. The van der Waals surface area contributed by atoms with Crippen molar-refractivity contribution in [1.82, 2.24) is 19.0 Å². The molecule has 0 saturated carbocycles. The van der Waals surface area contributed by atoms with Gasteiger partial charge in [0.15, 0.2) is 15.1 Å². The van der Waals surface area contributed by atoms with Crippen LogP contribution < -0.4 is 5.32 Å². The van der Waals surface area contributed by atoms with Crippen molar-refractivity contribution < 1.29 is 8.42 Å². The smallest absolute Gasteiger partial charge is 0.262 e. The van der Waals surface area contributed by atoms with Gasteiger partial charge in [-0.1, -0.05) is 11.6 Å². The average molecular weight is 337 g/mol. The predicted molar refractivity (Wildman–Crippen MR) is 81.0 cm³/mol. The molecule has 1 N–H and O–H groups in total. The summed E-state index contributed by atoms with van der Waals surface area (Å²) in [5, 5.41) is 4.80. The van der Waals surface area contributed by atoms with Gasteiger partial charge in [0.25, 0.3) is 10.0 Å². The van der Waals surface area contributed by atoms with Gasteiger partial charge in [-0.25, -0.2) is 13.4 Å². The number of nitrogens with one attached hydrogen (secondary N) is 1. The minimum atomic E-state index is -3.69. The molecule has 0 aliphatic carbocycles. The standard InChI is InChI=1S/C11H17ClN4O2S2/c1-8(2)16(5-4-13-3)20(17,18)10-9(12)14-11-15(10)6-7-19-11/h6-8,13H,4-5H2,1-3H3. The summed E-state index contributed by atoms with van der Waals surface area (Å²) in [5.41, 5.74) is 0. The van der Waals surface area contributed by atoms with E-state index in [0.29, 0.717) is 18.1 Å². The molecule has 0 unspecified atom stereocenters. The van der Waals surface area contributed by atoms with Gasteiger partial charge in [-0.3, -0.25) is 4.40 Å². The Bertz CT molecular complexity index is 692. The number of nitrogens with zero attached hydrogens (tertiary/aromatic N) is 3. The number of rotatable bonds is 6. The summed E-state index contributed by atoms with van der Waals surface area (Å²) >= 11 is 7.38. The van der Waals surface area contributed by atoms with E-state index < -0.39 is 10.0 Å². The zero-order valence-corrected chi connectivity index (χ0v) is 13.9. The molecule has 0 radical (unpaired) electrons. The van der Waals surface area contributed by atoms with Crippen LogP contribution in [0.15, 0.2) is 16.6 Å². The lowest BCUT2D eigenvalue weighted by Gasteiger charge is -2.25. The molecule has 0 spiro atoms. The fourth-order valence-corrected chi connectivity index (χ4v) is 5.01. The highest BCUT2D eigenvalue weighted by atomic mass is 35.5. The van der Waals surface area contributed by atoms with E-state index in [-0.39, 0.29) is 16.2 Å². The SMILES string of the molecule is CNCCN(C(C)C)S(=O)(=O)c1c(Cl)nc2sccn12. The summed E-state index contributed by atoms with van der Waals surface area (Å²) < 4.78 is 28.6. The normalized spacial score (nSPS) is 12.9. The molecular formula is C11H17ClN4O2S2. The van der Waals surface area contributed by atoms with Crippen LogP contribution in [0.4, 0.5) is 0 Å².